The molecule has 0 bridgehead atoms. The maximum Gasteiger partial charge on any atom is 0.171 e. The zero-order valence-corrected chi connectivity index (χ0v) is 11.6. The first-order valence-electron chi connectivity index (χ1n) is 6.29. The normalized spacial score (nSPS) is 23.2. The van der Waals surface area contributed by atoms with Crippen LogP contribution in [0.1, 0.15) is 37.3 Å². The maximum absolute atomic E-state index is 6.31. The van der Waals surface area contributed by atoms with Crippen LogP contribution in [0.15, 0.2) is 35.5 Å². The molecule has 0 spiro atoms. The van der Waals surface area contributed by atoms with E-state index in [2.05, 4.69) is 16.7 Å². The van der Waals surface area contributed by atoms with Crippen LogP contribution in [-0.4, -0.2) is 5.11 Å². The van der Waals surface area contributed by atoms with Gasteiger partial charge in [-0.2, -0.15) is 0 Å². The molecule has 1 heterocycles. The van der Waals surface area contributed by atoms with Crippen molar-refractivity contribution in [2.45, 2.75) is 31.7 Å². The second-order valence-corrected chi connectivity index (χ2v) is 5.58. The van der Waals surface area contributed by atoms with Gasteiger partial charge in [-0.3, -0.25) is 0 Å². The lowest BCUT2D eigenvalue weighted by atomic mass is 9.86. The van der Waals surface area contributed by atoms with Crippen molar-refractivity contribution in [3.63, 3.8) is 0 Å². The molecule has 1 aliphatic heterocycles. The fourth-order valence-corrected chi connectivity index (χ4v) is 3.24. The Morgan fingerprint density at radius 1 is 1.17 bits per heavy atom. The van der Waals surface area contributed by atoms with Gasteiger partial charge in [-0.05, 0) is 55.1 Å². The number of hydrogen-bond acceptors (Lipinski definition) is 1. The quantitative estimate of drug-likeness (QED) is 0.766. The van der Waals surface area contributed by atoms with Crippen molar-refractivity contribution in [1.29, 1.82) is 0 Å². The molecule has 2 aliphatic rings. The molecular weight excluding hydrogens is 264 g/mol. The van der Waals surface area contributed by atoms with Gasteiger partial charge in [-0.15, -0.1) is 0 Å². The fraction of sp³-hybridized carbons (Fsp3) is 0.357. The Morgan fingerprint density at radius 3 is 2.78 bits per heavy atom. The number of nitrogens with one attached hydrogen (secondary N) is 2. The highest BCUT2D eigenvalue weighted by atomic mass is 35.5. The molecule has 3 rings (SSSR count). The molecule has 94 valence electrons. The van der Waals surface area contributed by atoms with Gasteiger partial charge >= 0.3 is 0 Å². The number of hydrogen-bond donors (Lipinski definition) is 2. The monoisotopic (exact) mass is 278 g/mol. The summed E-state index contributed by atoms with van der Waals surface area (Å²) in [6.07, 6.45) is 4.70. The first-order valence-corrected chi connectivity index (χ1v) is 7.08. The third kappa shape index (κ3) is 2.13. The van der Waals surface area contributed by atoms with E-state index in [0.29, 0.717) is 5.11 Å². The summed E-state index contributed by atoms with van der Waals surface area (Å²) in [5, 5.41) is 8.16. The van der Waals surface area contributed by atoms with Crippen LogP contribution in [-0.2, 0) is 0 Å². The van der Waals surface area contributed by atoms with Gasteiger partial charge in [-0.25, -0.2) is 0 Å². The highest BCUT2D eigenvalue weighted by molar-refractivity contribution is 7.80. The summed E-state index contributed by atoms with van der Waals surface area (Å²) < 4.78 is 0. The smallest absolute Gasteiger partial charge is 0.171 e. The van der Waals surface area contributed by atoms with Gasteiger partial charge in [0.05, 0.1) is 6.04 Å². The van der Waals surface area contributed by atoms with Gasteiger partial charge in [0, 0.05) is 10.7 Å². The summed E-state index contributed by atoms with van der Waals surface area (Å²) in [5.41, 5.74) is 3.84. The molecule has 0 amide bonds. The molecule has 1 aromatic rings. The number of rotatable bonds is 1. The van der Waals surface area contributed by atoms with Crippen molar-refractivity contribution < 1.29 is 0 Å². The van der Waals surface area contributed by atoms with Gasteiger partial charge < -0.3 is 10.6 Å². The van der Waals surface area contributed by atoms with E-state index in [0.717, 1.165) is 23.4 Å². The van der Waals surface area contributed by atoms with Crippen molar-refractivity contribution in [1.82, 2.24) is 10.6 Å². The molecule has 1 aliphatic carbocycles. The standard InChI is InChI=1S/C14H15ClN2S/c15-11-7-3-1-5-9(11)13-10-6-2-4-8-12(10)16-14(18)17-13/h1,3,5,7,13H,2,4,6,8H2,(H2,16,17,18)/t13-/m1/s1. The molecule has 0 radical (unpaired) electrons. The Balaban J connectivity index is 2.05. The number of halogens is 1. The van der Waals surface area contributed by atoms with E-state index in [-0.39, 0.29) is 6.04 Å². The molecule has 2 nitrogen and oxygen atoms in total. The number of allylic oxidation sites excluding steroid dienone is 1. The van der Waals surface area contributed by atoms with Gasteiger partial charge in [0.15, 0.2) is 5.11 Å². The predicted octanol–water partition coefficient (Wildman–Crippen LogP) is 3.69. The minimum atomic E-state index is 0.141. The zero-order chi connectivity index (χ0) is 12.5. The highest BCUT2D eigenvalue weighted by Gasteiger charge is 2.28. The molecule has 1 atom stereocenters. The SMILES string of the molecule is S=C1NC2=C(CCCC2)[C@@H](c2ccccc2Cl)N1. The van der Waals surface area contributed by atoms with Crippen molar-refractivity contribution >= 4 is 28.9 Å². The molecule has 0 saturated carbocycles. The summed E-state index contributed by atoms with van der Waals surface area (Å²) in [6, 6.07) is 8.14. The molecular formula is C14H15ClN2S. The summed E-state index contributed by atoms with van der Waals surface area (Å²) in [4.78, 5) is 0. The number of thiocarbonyl (C=S) groups is 1. The molecule has 2 N–H and O–H groups in total. The van der Waals surface area contributed by atoms with Crippen LogP contribution in [0.3, 0.4) is 0 Å². The van der Waals surface area contributed by atoms with Crippen LogP contribution in [0.5, 0.6) is 0 Å². The average molecular weight is 279 g/mol. The van der Waals surface area contributed by atoms with Crippen molar-refractivity contribution in [3.8, 4) is 0 Å². The largest absolute Gasteiger partial charge is 0.352 e. The van der Waals surface area contributed by atoms with Gasteiger partial charge in [0.25, 0.3) is 0 Å². The first-order chi connectivity index (χ1) is 8.75. The topological polar surface area (TPSA) is 24.1 Å². The van der Waals surface area contributed by atoms with Crippen molar-refractivity contribution in [3.05, 3.63) is 46.1 Å². The van der Waals surface area contributed by atoms with E-state index < -0.39 is 0 Å². The van der Waals surface area contributed by atoms with Crippen LogP contribution in [0, 0.1) is 0 Å². The van der Waals surface area contributed by atoms with Crippen LogP contribution < -0.4 is 10.6 Å². The second-order valence-electron chi connectivity index (χ2n) is 4.76. The molecule has 0 unspecified atom stereocenters. The van der Waals surface area contributed by atoms with Crippen molar-refractivity contribution in [2.24, 2.45) is 0 Å². The van der Waals surface area contributed by atoms with Gasteiger partial charge in [0.1, 0.15) is 0 Å². The molecule has 0 fully saturated rings. The summed E-state index contributed by atoms with van der Waals surface area (Å²) >= 11 is 11.6. The van der Waals surface area contributed by atoms with Crippen LogP contribution >= 0.6 is 23.8 Å². The van der Waals surface area contributed by atoms with E-state index in [1.165, 1.54) is 24.1 Å². The zero-order valence-electron chi connectivity index (χ0n) is 10.0. The average Bonchev–Trinajstić information content (AvgIpc) is 2.38. The van der Waals surface area contributed by atoms with E-state index in [1.54, 1.807) is 0 Å². The molecule has 0 aromatic heterocycles. The Kier molecular flexibility index (Phi) is 3.27. The maximum atomic E-state index is 6.31. The lowest BCUT2D eigenvalue weighted by molar-refractivity contribution is 0.561. The Hall–Kier alpha value is -1.06. The third-order valence-corrected chi connectivity index (χ3v) is 4.18. The van der Waals surface area contributed by atoms with Crippen LogP contribution in [0.4, 0.5) is 0 Å². The van der Waals surface area contributed by atoms with Gasteiger partial charge in [0.2, 0.25) is 0 Å². The minimum Gasteiger partial charge on any atom is -0.352 e. The minimum absolute atomic E-state index is 0.141. The van der Waals surface area contributed by atoms with E-state index in [4.69, 9.17) is 23.8 Å². The van der Waals surface area contributed by atoms with E-state index in [1.807, 2.05) is 18.2 Å². The lowest BCUT2D eigenvalue weighted by Gasteiger charge is -2.35. The fourth-order valence-electron chi connectivity index (χ4n) is 2.76. The van der Waals surface area contributed by atoms with Crippen LogP contribution in [0.25, 0.3) is 0 Å². The summed E-state index contributed by atoms with van der Waals surface area (Å²) in [6.45, 7) is 0. The number of benzene rings is 1. The Morgan fingerprint density at radius 2 is 1.94 bits per heavy atom. The van der Waals surface area contributed by atoms with Crippen molar-refractivity contribution in [2.75, 3.05) is 0 Å². The van der Waals surface area contributed by atoms with Gasteiger partial charge in [-0.1, -0.05) is 29.8 Å². The second kappa shape index (κ2) is 4.90. The molecule has 18 heavy (non-hydrogen) atoms. The Bertz CT molecular complexity index is 524. The lowest BCUT2D eigenvalue weighted by Crippen LogP contribution is -2.44. The highest BCUT2D eigenvalue weighted by Crippen LogP contribution is 2.37. The van der Waals surface area contributed by atoms with Crippen LogP contribution in [0.2, 0.25) is 5.02 Å². The molecule has 0 saturated heterocycles. The third-order valence-electron chi connectivity index (χ3n) is 3.62. The Labute approximate surface area is 117 Å². The van der Waals surface area contributed by atoms with E-state index >= 15 is 0 Å². The molecule has 1 aromatic carbocycles. The summed E-state index contributed by atoms with van der Waals surface area (Å²) in [7, 11) is 0. The van der Waals surface area contributed by atoms with E-state index in [9.17, 15) is 0 Å². The predicted molar refractivity (Wildman–Crippen MR) is 78.6 cm³/mol. The summed E-state index contributed by atoms with van der Waals surface area (Å²) in [5.74, 6) is 0. The first kappa shape index (κ1) is 12.0. The molecule has 4 heteroatoms.